The maximum atomic E-state index is 6.68. The molecule has 0 amide bonds. The fraction of sp³-hybridized carbons (Fsp3) is 0.0385. The van der Waals surface area contributed by atoms with E-state index in [1.807, 2.05) is 56.6 Å². The standard InChI is InChI=1S/C52H35N7O2/c1-32-12-22-50(55-30-32)57-44-10-5-3-8-38(44)40-18-14-34(26-46(40)57)60-36-16-20-42-43-21-17-37(29-49(43)59(48(42)28-36)52-53-24-7-25-54-52)61-35-15-19-41-39-9-4-6-11-45(39)58(47(41)27-35)51-23-13-33(2)31-56-51/h3-31H,1-2H3. The highest BCUT2D eigenvalue weighted by molar-refractivity contribution is 6.11. The van der Waals surface area contributed by atoms with Gasteiger partial charge in [0.1, 0.15) is 34.6 Å². The lowest BCUT2D eigenvalue weighted by Crippen LogP contribution is -2.00. The molecule has 6 aromatic heterocycles. The largest absolute Gasteiger partial charge is 0.457 e. The molecule has 0 atom stereocenters. The molecule has 6 heterocycles. The zero-order valence-electron chi connectivity index (χ0n) is 33.2. The highest BCUT2D eigenvalue weighted by Gasteiger charge is 2.19. The Labute approximate surface area is 349 Å². The molecule has 6 aromatic carbocycles. The van der Waals surface area contributed by atoms with E-state index >= 15 is 0 Å². The second kappa shape index (κ2) is 13.6. The molecule has 0 bridgehead atoms. The average molecular weight is 790 g/mol. The summed E-state index contributed by atoms with van der Waals surface area (Å²) >= 11 is 0. The SMILES string of the molecule is Cc1ccc(-n2c3ccccc3c3ccc(Oc4ccc5c6ccc(Oc7ccc8c9ccccc9n(-c9ccc(C)cn9)c8c7)cc6n(-c6ncccn6)c5c4)cc32)nc1. The lowest BCUT2D eigenvalue weighted by Gasteiger charge is -2.11. The van der Waals surface area contributed by atoms with Crippen molar-refractivity contribution in [3.63, 3.8) is 0 Å². The van der Waals surface area contributed by atoms with Gasteiger partial charge in [-0.2, -0.15) is 0 Å². The van der Waals surface area contributed by atoms with Crippen LogP contribution >= 0.6 is 0 Å². The van der Waals surface area contributed by atoms with E-state index in [-0.39, 0.29) is 0 Å². The van der Waals surface area contributed by atoms with Crippen molar-refractivity contribution < 1.29 is 9.47 Å². The highest BCUT2D eigenvalue weighted by Crippen LogP contribution is 2.40. The van der Waals surface area contributed by atoms with Crippen molar-refractivity contribution in [1.29, 1.82) is 0 Å². The minimum atomic E-state index is 0.546. The third-order valence-electron chi connectivity index (χ3n) is 11.5. The Morgan fingerprint density at radius 1 is 0.344 bits per heavy atom. The smallest absolute Gasteiger partial charge is 0.234 e. The number of hydrogen-bond acceptors (Lipinski definition) is 6. The lowest BCUT2D eigenvalue weighted by atomic mass is 10.1. The van der Waals surface area contributed by atoms with Crippen molar-refractivity contribution in [3.8, 4) is 40.6 Å². The molecular weight excluding hydrogens is 755 g/mol. The van der Waals surface area contributed by atoms with Crippen LogP contribution in [0.5, 0.6) is 23.0 Å². The zero-order chi connectivity index (χ0) is 40.6. The maximum Gasteiger partial charge on any atom is 0.234 e. The van der Waals surface area contributed by atoms with Gasteiger partial charge in [0.2, 0.25) is 5.95 Å². The quantitative estimate of drug-likeness (QED) is 0.160. The van der Waals surface area contributed by atoms with E-state index in [0.29, 0.717) is 28.9 Å². The molecule has 0 spiro atoms. The number of aromatic nitrogens is 7. The Hall–Kier alpha value is -8.30. The monoisotopic (exact) mass is 789 g/mol. The minimum absolute atomic E-state index is 0.546. The third-order valence-corrected chi connectivity index (χ3v) is 11.5. The highest BCUT2D eigenvalue weighted by atomic mass is 16.5. The summed E-state index contributed by atoms with van der Waals surface area (Å²) in [4.78, 5) is 19.0. The number of benzene rings is 6. The van der Waals surface area contributed by atoms with Gasteiger partial charge < -0.3 is 9.47 Å². The van der Waals surface area contributed by atoms with Crippen molar-refractivity contribution in [2.24, 2.45) is 0 Å². The van der Waals surface area contributed by atoms with Gasteiger partial charge >= 0.3 is 0 Å². The van der Waals surface area contributed by atoms with E-state index in [1.165, 1.54) is 0 Å². The summed E-state index contributed by atoms with van der Waals surface area (Å²) < 4.78 is 19.8. The van der Waals surface area contributed by atoms with Crippen molar-refractivity contribution in [2.75, 3.05) is 0 Å². The molecule has 0 radical (unpaired) electrons. The van der Waals surface area contributed by atoms with E-state index in [1.54, 1.807) is 12.4 Å². The molecule has 0 saturated carbocycles. The summed E-state index contributed by atoms with van der Waals surface area (Å²) in [6.45, 7) is 4.10. The van der Waals surface area contributed by atoms with E-state index < -0.39 is 0 Å². The summed E-state index contributed by atoms with van der Waals surface area (Å²) in [6, 6.07) is 51.8. The van der Waals surface area contributed by atoms with Crippen LogP contribution in [0.4, 0.5) is 0 Å². The number of fused-ring (bicyclic) bond motifs is 9. The molecule has 12 rings (SSSR count). The molecule has 0 saturated heterocycles. The number of nitrogens with zero attached hydrogens (tertiary/aromatic N) is 7. The van der Waals surface area contributed by atoms with Gasteiger partial charge in [-0.3, -0.25) is 13.7 Å². The molecule has 9 nitrogen and oxygen atoms in total. The molecule has 0 fully saturated rings. The maximum absolute atomic E-state index is 6.68. The van der Waals surface area contributed by atoms with Crippen LogP contribution in [-0.2, 0) is 0 Å². The zero-order valence-corrected chi connectivity index (χ0v) is 33.2. The predicted molar refractivity (Wildman–Crippen MR) is 243 cm³/mol. The Morgan fingerprint density at radius 2 is 0.721 bits per heavy atom. The van der Waals surface area contributed by atoms with E-state index in [4.69, 9.17) is 29.4 Å². The average Bonchev–Trinajstić information content (AvgIpc) is 3.92. The summed E-state index contributed by atoms with van der Waals surface area (Å²) in [5.74, 6) is 5.06. The van der Waals surface area contributed by atoms with Crippen LogP contribution in [0.15, 0.2) is 176 Å². The molecule has 0 unspecified atom stereocenters. The fourth-order valence-corrected chi connectivity index (χ4v) is 8.71. The van der Waals surface area contributed by atoms with Crippen molar-refractivity contribution in [3.05, 3.63) is 188 Å². The second-order valence-corrected chi connectivity index (χ2v) is 15.4. The molecule has 0 N–H and O–H groups in total. The first-order valence-corrected chi connectivity index (χ1v) is 20.2. The molecule has 0 aliphatic heterocycles. The second-order valence-electron chi connectivity index (χ2n) is 15.4. The third kappa shape index (κ3) is 5.70. The van der Waals surface area contributed by atoms with Gasteiger partial charge in [0.05, 0.1) is 33.1 Å². The van der Waals surface area contributed by atoms with Crippen LogP contribution in [0, 0.1) is 13.8 Å². The van der Waals surface area contributed by atoms with Gasteiger partial charge in [0, 0.05) is 81.4 Å². The number of para-hydroxylation sites is 2. The van der Waals surface area contributed by atoms with E-state index in [9.17, 15) is 0 Å². The molecule has 12 aromatic rings. The Kier molecular flexibility index (Phi) is 7.76. The Balaban J connectivity index is 0.949. The van der Waals surface area contributed by atoms with Gasteiger partial charge in [-0.05, 0) is 104 Å². The van der Waals surface area contributed by atoms with Crippen molar-refractivity contribution >= 4 is 65.4 Å². The first-order chi connectivity index (χ1) is 30.0. The van der Waals surface area contributed by atoms with Crippen LogP contribution < -0.4 is 9.47 Å². The summed E-state index contributed by atoms with van der Waals surface area (Å²) in [5.41, 5.74) is 8.25. The molecule has 0 aliphatic carbocycles. The Bertz CT molecular complexity index is 3440. The van der Waals surface area contributed by atoms with Crippen molar-refractivity contribution in [2.45, 2.75) is 13.8 Å². The molecule has 61 heavy (non-hydrogen) atoms. The number of aryl methyl sites for hydroxylation is 2. The van der Waals surface area contributed by atoms with Crippen LogP contribution in [0.3, 0.4) is 0 Å². The molecule has 290 valence electrons. The van der Waals surface area contributed by atoms with Gasteiger partial charge in [0.25, 0.3) is 0 Å². The first-order valence-electron chi connectivity index (χ1n) is 20.2. The minimum Gasteiger partial charge on any atom is -0.457 e. The van der Waals surface area contributed by atoms with E-state index in [0.717, 1.165) is 88.2 Å². The topological polar surface area (TPSA) is 84.8 Å². The fourth-order valence-electron chi connectivity index (χ4n) is 8.71. The van der Waals surface area contributed by atoms with E-state index in [2.05, 4.69) is 135 Å². The first kappa shape index (κ1) is 34.7. The normalized spacial score (nSPS) is 11.8. The van der Waals surface area contributed by atoms with Gasteiger partial charge in [-0.25, -0.2) is 19.9 Å². The lowest BCUT2D eigenvalue weighted by molar-refractivity contribution is 0.484. The number of ether oxygens (including phenoxy) is 2. The van der Waals surface area contributed by atoms with Crippen LogP contribution in [0.25, 0.3) is 83.0 Å². The molecule has 9 heteroatoms. The molecular formula is C52H35N7O2. The Morgan fingerprint density at radius 3 is 1.11 bits per heavy atom. The van der Waals surface area contributed by atoms with Crippen molar-refractivity contribution in [1.82, 2.24) is 33.6 Å². The number of rotatable bonds is 7. The predicted octanol–water partition coefficient (Wildman–Crippen LogP) is 12.8. The van der Waals surface area contributed by atoms with Gasteiger partial charge in [-0.1, -0.05) is 48.5 Å². The van der Waals surface area contributed by atoms with Crippen LogP contribution in [-0.4, -0.2) is 33.6 Å². The number of hydrogen-bond donors (Lipinski definition) is 0. The van der Waals surface area contributed by atoms with Gasteiger partial charge in [0.15, 0.2) is 0 Å². The van der Waals surface area contributed by atoms with Gasteiger partial charge in [-0.15, -0.1) is 0 Å². The summed E-state index contributed by atoms with van der Waals surface area (Å²) in [7, 11) is 0. The van der Waals surface area contributed by atoms with Crippen LogP contribution in [0.2, 0.25) is 0 Å². The summed E-state index contributed by atoms with van der Waals surface area (Å²) in [5, 5.41) is 6.66. The molecule has 0 aliphatic rings. The summed E-state index contributed by atoms with van der Waals surface area (Å²) in [6.07, 6.45) is 7.32. The number of pyridine rings is 2. The van der Waals surface area contributed by atoms with Crippen LogP contribution in [0.1, 0.15) is 11.1 Å².